The summed E-state index contributed by atoms with van der Waals surface area (Å²) < 4.78 is 23.2. The summed E-state index contributed by atoms with van der Waals surface area (Å²) in [6.07, 6.45) is 3.78. The number of rotatable bonds is 2. The number of aromatic nitrogens is 1. The van der Waals surface area contributed by atoms with Crippen molar-refractivity contribution < 1.29 is 13.2 Å². The number of aryl methyl sites for hydroxylation is 1. The molecule has 1 saturated carbocycles. The van der Waals surface area contributed by atoms with Crippen LogP contribution in [0.25, 0.3) is 10.9 Å². The SMILES string of the molecule is Cc1ccc(NC(=O)[C@H]2CC23CCS(=O)(=O)CC3)c2cccnc12. The molecule has 2 aromatic rings. The fraction of sp³-hybridized carbons (Fsp3) is 0.444. The zero-order valence-electron chi connectivity index (χ0n) is 13.6. The standard InChI is InChI=1S/C18H20N2O3S/c1-12-4-5-15(13-3-2-8-19-16(12)13)20-17(21)14-11-18(14)6-9-24(22,23)10-7-18/h2-5,8,14H,6-7,9-11H2,1H3,(H,20,21)/t14-/m1/s1. The highest BCUT2D eigenvalue weighted by atomic mass is 32.2. The average molecular weight is 344 g/mol. The number of carbonyl (C=O) groups excluding carboxylic acids is 1. The van der Waals surface area contributed by atoms with Gasteiger partial charge < -0.3 is 5.32 Å². The van der Waals surface area contributed by atoms with Crippen LogP contribution >= 0.6 is 0 Å². The molecule has 0 radical (unpaired) electrons. The first kappa shape index (κ1) is 15.6. The van der Waals surface area contributed by atoms with E-state index >= 15 is 0 Å². The second-order valence-electron chi connectivity index (χ2n) is 7.09. The Balaban J connectivity index is 1.53. The van der Waals surface area contributed by atoms with Crippen LogP contribution in [0.4, 0.5) is 5.69 Å². The van der Waals surface area contributed by atoms with E-state index in [4.69, 9.17) is 0 Å². The van der Waals surface area contributed by atoms with Gasteiger partial charge in [0.2, 0.25) is 5.91 Å². The lowest BCUT2D eigenvalue weighted by Gasteiger charge is -2.22. The smallest absolute Gasteiger partial charge is 0.228 e. The quantitative estimate of drug-likeness (QED) is 0.909. The van der Waals surface area contributed by atoms with Crippen molar-refractivity contribution in [3.05, 3.63) is 36.0 Å². The van der Waals surface area contributed by atoms with Gasteiger partial charge in [-0.25, -0.2) is 8.42 Å². The number of hydrogen-bond donors (Lipinski definition) is 1. The number of anilines is 1. The van der Waals surface area contributed by atoms with E-state index in [2.05, 4.69) is 10.3 Å². The van der Waals surface area contributed by atoms with Gasteiger partial charge in [-0.2, -0.15) is 0 Å². The van der Waals surface area contributed by atoms with Crippen molar-refractivity contribution >= 4 is 32.3 Å². The maximum absolute atomic E-state index is 12.7. The van der Waals surface area contributed by atoms with Crippen molar-refractivity contribution in [2.75, 3.05) is 16.8 Å². The molecule has 1 aromatic carbocycles. The predicted molar refractivity (Wildman–Crippen MR) is 93.5 cm³/mol. The molecule has 2 fully saturated rings. The topological polar surface area (TPSA) is 76.1 Å². The molecular formula is C18H20N2O3S. The zero-order chi connectivity index (χ0) is 16.9. The van der Waals surface area contributed by atoms with Crippen LogP contribution in [0.15, 0.2) is 30.5 Å². The lowest BCUT2D eigenvalue weighted by atomic mass is 9.96. The second kappa shape index (κ2) is 5.28. The van der Waals surface area contributed by atoms with Crippen LogP contribution in [0, 0.1) is 18.3 Å². The number of nitrogens with zero attached hydrogens (tertiary/aromatic N) is 1. The van der Waals surface area contributed by atoms with Crippen molar-refractivity contribution in [2.24, 2.45) is 11.3 Å². The van der Waals surface area contributed by atoms with E-state index in [0.29, 0.717) is 12.8 Å². The van der Waals surface area contributed by atoms with E-state index in [0.717, 1.165) is 28.6 Å². The minimum atomic E-state index is -2.90. The van der Waals surface area contributed by atoms with E-state index in [1.165, 1.54) is 0 Å². The van der Waals surface area contributed by atoms with E-state index in [1.54, 1.807) is 6.20 Å². The van der Waals surface area contributed by atoms with Crippen LogP contribution in [-0.2, 0) is 14.6 Å². The minimum Gasteiger partial charge on any atom is -0.325 e. The summed E-state index contributed by atoms with van der Waals surface area (Å²) in [6, 6.07) is 7.70. The van der Waals surface area contributed by atoms with Crippen molar-refractivity contribution in [3.63, 3.8) is 0 Å². The lowest BCUT2D eigenvalue weighted by Crippen LogP contribution is -2.28. The monoisotopic (exact) mass is 344 g/mol. The molecule has 0 bridgehead atoms. The number of carbonyl (C=O) groups is 1. The highest BCUT2D eigenvalue weighted by molar-refractivity contribution is 7.91. The number of benzene rings is 1. The van der Waals surface area contributed by atoms with Crippen molar-refractivity contribution in [2.45, 2.75) is 26.2 Å². The Morgan fingerprint density at radius 3 is 2.75 bits per heavy atom. The molecule has 4 rings (SSSR count). The van der Waals surface area contributed by atoms with Gasteiger partial charge in [-0.15, -0.1) is 0 Å². The molecule has 1 saturated heterocycles. The summed E-state index contributed by atoms with van der Waals surface area (Å²) >= 11 is 0. The molecule has 1 aliphatic carbocycles. The summed E-state index contributed by atoms with van der Waals surface area (Å²) in [5, 5.41) is 3.97. The molecule has 126 valence electrons. The van der Waals surface area contributed by atoms with Crippen LogP contribution in [0.5, 0.6) is 0 Å². The molecule has 1 spiro atoms. The number of hydrogen-bond acceptors (Lipinski definition) is 4. The number of sulfone groups is 1. The van der Waals surface area contributed by atoms with Gasteiger partial charge in [-0.05, 0) is 55.4 Å². The summed E-state index contributed by atoms with van der Waals surface area (Å²) in [5.41, 5.74) is 2.65. The molecule has 24 heavy (non-hydrogen) atoms. The molecule has 1 aromatic heterocycles. The van der Waals surface area contributed by atoms with Crippen molar-refractivity contribution in [1.29, 1.82) is 0 Å². The molecule has 1 aliphatic heterocycles. The minimum absolute atomic E-state index is 0.00306. The van der Waals surface area contributed by atoms with E-state index in [1.807, 2.05) is 31.2 Å². The fourth-order valence-corrected chi connectivity index (χ4v) is 5.50. The van der Waals surface area contributed by atoms with Crippen LogP contribution in [0.3, 0.4) is 0 Å². The Bertz CT molecular complexity index is 922. The predicted octanol–water partition coefficient (Wildman–Crippen LogP) is 2.70. The lowest BCUT2D eigenvalue weighted by molar-refractivity contribution is -0.118. The third kappa shape index (κ3) is 2.59. The summed E-state index contributed by atoms with van der Waals surface area (Å²) in [6.45, 7) is 2.00. The third-order valence-electron chi connectivity index (χ3n) is 5.56. The van der Waals surface area contributed by atoms with Crippen molar-refractivity contribution in [3.8, 4) is 0 Å². The number of nitrogens with one attached hydrogen (secondary N) is 1. The summed E-state index contributed by atoms with van der Waals surface area (Å²) in [7, 11) is -2.90. The third-order valence-corrected chi connectivity index (χ3v) is 7.21. The van der Waals surface area contributed by atoms with Gasteiger partial charge in [-0.1, -0.05) is 6.07 Å². The first-order valence-electron chi connectivity index (χ1n) is 8.26. The van der Waals surface area contributed by atoms with E-state index in [-0.39, 0.29) is 28.7 Å². The second-order valence-corrected chi connectivity index (χ2v) is 9.39. The maximum atomic E-state index is 12.7. The largest absolute Gasteiger partial charge is 0.325 e. The normalized spacial score (nSPS) is 24.0. The molecule has 1 atom stereocenters. The fourth-order valence-electron chi connectivity index (χ4n) is 3.86. The first-order valence-corrected chi connectivity index (χ1v) is 10.1. The van der Waals surface area contributed by atoms with E-state index in [9.17, 15) is 13.2 Å². The molecule has 0 unspecified atom stereocenters. The van der Waals surface area contributed by atoms with Crippen LogP contribution in [0.2, 0.25) is 0 Å². The number of fused-ring (bicyclic) bond motifs is 1. The summed E-state index contributed by atoms with van der Waals surface area (Å²) in [4.78, 5) is 17.0. The van der Waals surface area contributed by atoms with E-state index < -0.39 is 9.84 Å². The Labute approximate surface area is 141 Å². The molecule has 1 amide bonds. The van der Waals surface area contributed by atoms with Crippen LogP contribution < -0.4 is 5.32 Å². The molecule has 1 N–H and O–H groups in total. The highest BCUT2D eigenvalue weighted by Crippen LogP contribution is 2.60. The molecule has 2 heterocycles. The maximum Gasteiger partial charge on any atom is 0.228 e. The Kier molecular flexibility index (Phi) is 3.42. The Hall–Kier alpha value is -1.95. The van der Waals surface area contributed by atoms with Gasteiger partial charge in [0.05, 0.1) is 22.7 Å². The van der Waals surface area contributed by atoms with Crippen LogP contribution in [-0.4, -0.2) is 30.8 Å². The van der Waals surface area contributed by atoms with Crippen molar-refractivity contribution in [1.82, 2.24) is 4.98 Å². The zero-order valence-corrected chi connectivity index (χ0v) is 14.4. The van der Waals surface area contributed by atoms with Crippen LogP contribution in [0.1, 0.15) is 24.8 Å². The number of amides is 1. The Morgan fingerprint density at radius 1 is 1.25 bits per heavy atom. The Morgan fingerprint density at radius 2 is 2.00 bits per heavy atom. The van der Waals surface area contributed by atoms with Gasteiger partial charge in [0.15, 0.2) is 0 Å². The van der Waals surface area contributed by atoms with Gasteiger partial charge in [0, 0.05) is 17.5 Å². The van der Waals surface area contributed by atoms with Gasteiger partial charge in [0.25, 0.3) is 0 Å². The average Bonchev–Trinajstić information content (AvgIpc) is 3.28. The highest BCUT2D eigenvalue weighted by Gasteiger charge is 2.59. The molecule has 2 aliphatic rings. The summed E-state index contributed by atoms with van der Waals surface area (Å²) in [5.74, 6) is 0.367. The number of pyridine rings is 1. The first-order chi connectivity index (χ1) is 11.4. The van der Waals surface area contributed by atoms with Gasteiger partial charge in [0.1, 0.15) is 9.84 Å². The molecule has 5 nitrogen and oxygen atoms in total. The molecule has 6 heteroatoms. The van der Waals surface area contributed by atoms with Gasteiger partial charge in [-0.3, -0.25) is 9.78 Å². The van der Waals surface area contributed by atoms with Gasteiger partial charge >= 0.3 is 0 Å². The molecular weight excluding hydrogens is 324 g/mol.